The molecule has 2 rings (SSSR count). The monoisotopic (exact) mass is 148 g/mol. The van der Waals surface area contributed by atoms with Crippen LogP contribution in [0.1, 0.15) is 18.2 Å². The number of nitrogens with two attached hydrogens (primary N) is 1. The Kier molecular flexibility index (Phi) is 1.15. The van der Waals surface area contributed by atoms with Crippen LogP contribution >= 0.6 is 0 Å². The van der Waals surface area contributed by atoms with E-state index in [-0.39, 0.29) is 0 Å². The summed E-state index contributed by atoms with van der Waals surface area (Å²) >= 11 is 0. The van der Waals surface area contributed by atoms with Gasteiger partial charge in [-0.3, -0.25) is 4.99 Å². The Morgan fingerprint density at radius 2 is 2.27 bits per heavy atom. The van der Waals surface area contributed by atoms with Crippen LogP contribution in [0.15, 0.2) is 11.3 Å². The van der Waals surface area contributed by atoms with Crippen molar-refractivity contribution in [1.82, 2.24) is 9.97 Å². The minimum Gasteiger partial charge on any atom is -0.383 e. The summed E-state index contributed by atoms with van der Waals surface area (Å²) in [6, 6.07) is 0. The summed E-state index contributed by atoms with van der Waals surface area (Å²) in [6.45, 7) is 2.57. The number of nitrogens with zero attached hydrogens (tertiary/aromatic N) is 3. The van der Waals surface area contributed by atoms with Crippen molar-refractivity contribution in [3.63, 3.8) is 0 Å². The van der Waals surface area contributed by atoms with Gasteiger partial charge in [0.25, 0.3) is 0 Å². The third kappa shape index (κ3) is 0.790. The fraction of sp³-hybridized carbons (Fsp3) is 0.286. The molecule has 1 aromatic heterocycles. The van der Waals surface area contributed by atoms with Gasteiger partial charge in [0.05, 0.1) is 17.8 Å². The van der Waals surface area contributed by atoms with Crippen LogP contribution in [0.25, 0.3) is 0 Å². The van der Waals surface area contributed by atoms with Gasteiger partial charge in [0.2, 0.25) is 0 Å². The summed E-state index contributed by atoms with van der Waals surface area (Å²) in [5.41, 5.74) is 8.44. The molecule has 0 spiro atoms. The Morgan fingerprint density at radius 1 is 1.45 bits per heavy atom. The Morgan fingerprint density at radius 3 is 3.00 bits per heavy atom. The lowest BCUT2D eigenvalue weighted by atomic mass is 10.2. The molecule has 0 atom stereocenters. The summed E-state index contributed by atoms with van der Waals surface area (Å²) in [6.07, 6.45) is 1.47. The molecule has 0 fully saturated rings. The molecule has 2 N–H and O–H groups in total. The molecule has 0 radical (unpaired) electrons. The third-order valence-corrected chi connectivity index (χ3v) is 1.78. The first-order chi connectivity index (χ1) is 5.29. The van der Waals surface area contributed by atoms with E-state index in [1.165, 1.54) is 6.33 Å². The van der Waals surface area contributed by atoms with Crippen LogP contribution in [-0.2, 0) is 6.54 Å². The van der Waals surface area contributed by atoms with Gasteiger partial charge < -0.3 is 5.73 Å². The van der Waals surface area contributed by atoms with Gasteiger partial charge in [-0.2, -0.15) is 0 Å². The lowest BCUT2D eigenvalue weighted by molar-refractivity contribution is 0.996. The maximum Gasteiger partial charge on any atom is 0.136 e. The average molecular weight is 148 g/mol. The standard InChI is InChI=1S/C7H8N4/c1-4-6-5(2-9-4)10-3-11-7(6)8/h3H,2H2,1H3,(H2,8,10,11). The predicted molar refractivity (Wildman–Crippen MR) is 42.4 cm³/mol. The van der Waals surface area contributed by atoms with Gasteiger partial charge >= 0.3 is 0 Å². The Hall–Kier alpha value is -1.45. The molecule has 0 aliphatic carbocycles. The predicted octanol–water partition coefficient (Wildman–Crippen LogP) is 0.381. The normalized spacial score (nSPS) is 14.5. The maximum atomic E-state index is 5.63. The van der Waals surface area contributed by atoms with Crippen molar-refractivity contribution >= 4 is 11.5 Å². The zero-order valence-electron chi connectivity index (χ0n) is 6.20. The number of hydrogen-bond acceptors (Lipinski definition) is 4. The summed E-state index contributed by atoms with van der Waals surface area (Å²) in [7, 11) is 0. The van der Waals surface area contributed by atoms with Crippen molar-refractivity contribution in [2.45, 2.75) is 13.5 Å². The topological polar surface area (TPSA) is 64.2 Å². The molecule has 1 aliphatic heterocycles. The first-order valence-corrected chi connectivity index (χ1v) is 3.40. The van der Waals surface area contributed by atoms with E-state index in [1.807, 2.05) is 6.92 Å². The molecule has 0 unspecified atom stereocenters. The zero-order chi connectivity index (χ0) is 7.84. The molecule has 11 heavy (non-hydrogen) atoms. The summed E-state index contributed by atoms with van der Waals surface area (Å²) < 4.78 is 0. The van der Waals surface area contributed by atoms with Crippen molar-refractivity contribution in [3.05, 3.63) is 17.6 Å². The SMILES string of the molecule is CC1=NCc2ncnc(N)c21. The van der Waals surface area contributed by atoms with Gasteiger partial charge in [0.1, 0.15) is 12.1 Å². The molecular weight excluding hydrogens is 140 g/mol. The van der Waals surface area contributed by atoms with E-state index in [4.69, 9.17) is 5.73 Å². The van der Waals surface area contributed by atoms with E-state index >= 15 is 0 Å². The molecule has 4 nitrogen and oxygen atoms in total. The fourth-order valence-electron chi connectivity index (χ4n) is 1.22. The second-order valence-electron chi connectivity index (χ2n) is 2.48. The number of fused-ring (bicyclic) bond motifs is 1. The third-order valence-electron chi connectivity index (χ3n) is 1.78. The molecule has 4 heteroatoms. The summed E-state index contributed by atoms with van der Waals surface area (Å²) in [4.78, 5) is 12.2. The molecule has 0 saturated carbocycles. The number of anilines is 1. The van der Waals surface area contributed by atoms with Crippen LogP contribution in [0.5, 0.6) is 0 Å². The van der Waals surface area contributed by atoms with Gasteiger partial charge in [-0.1, -0.05) is 0 Å². The number of rotatable bonds is 0. The molecule has 0 aromatic carbocycles. The molecule has 0 saturated heterocycles. The largest absolute Gasteiger partial charge is 0.383 e. The quantitative estimate of drug-likeness (QED) is 0.578. The van der Waals surface area contributed by atoms with Crippen LogP contribution in [0.4, 0.5) is 5.82 Å². The van der Waals surface area contributed by atoms with Crippen LogP contribution in [-0.4, -0.2) is 15.7 Å². The van der Waals surface area contributed by atoms with Crippen molar-refractivity contribution in [2.24, 2.45) is 4.99 Å². The molecule has 1 aromatic rings. The van der Waals surface area contributed by atoms with Gasteiger partial charge in [0.15, 0.2) is 0 Å². The average Bonchev–Trinajstić information content (AvgIpc) is 2.34. The number of hydrogen-bond donors (Lipinski definition) is 1. The van der Waals surface area contributed by atoms with E-state index in [1.54, 1.807) is 0 Å². The molecule has 56 valence electrons. The van der Waals surface area contributed by atoms with Crippen LogP contribution in [0.2, 0.25) is 0 Å². The van der Waals surface area contributed by atoms with E-state index in [0.717, 1.165) is 17.0 Å². The smallest absolute Gasteiger partial charge is 0.136 e. The Bertz CT molecular complexity index is 329. The van der Waals surface area contributed by atoms with Gasteiger partial charge in [-0.25, -0.2) is 9.97 Å². The minimum atomic E-state index is 0.536. The highest BCUT2D eigenvalue weighted by molar-refractivity contribution is 6.04. The van der Waals surface area contributed by atoms with Gasteiger partial charge in [0, 0.05) is 5.71 Å². The van der Waals surface area contributed by atoms with Crippen molar-refractivity contribution in [3.8, 4) is 0 Å². The van der Waals surface area contributed by atoms with Crippen LogP contribution < -0.4 is 5.73 Å². The van der Waals surface area contributed by atoms with Gasteiger partial charge in [-0.05, 0) is 6.92 Å². The number of nitrogen functional groups attached to an aromatic ring is 1. The van der Waals surface area contributed by atoms with Crippen LogP contribution in [0, 0.1) is 0 Å². The lowest BCUT2D eigenvalue weighted by Gasteiger charge is -1.99. The van der Waals surface area contributed by atoms with Crippen LogP contribution in [0.3, 0.4) is 0 Å². The molecule has 0 amide bonds. The fourth-order valence-corrected chi connectivity index (χ4v) is 1.22. The highest BCUT2D eigenvalue weighted by Gasteiger charge is 2.16. The minimum absolute atomic E-state index is 0.536. The van der Waals surface area contributed by atoms with E-state index < -0.39 is 0 Å². The number of aromatic nitrogens is 2. The summed E-state index contributed by atoms with van der Waals surface area (Å²) in [5.74, 6) is 0.536. The summed E-state index contributed by atoms with van der Waals surface area (Å²) in [5, 5.41) is 0. The molecular formula is C7H8N4. The second kappa shape index (κ2) is 2.02. The molecule has 2 heterocycles. The molecule has 1 aliphatic rings. The van der Waals surface area contributed by atoms with Crippen molar-refractivity contribution < 1.29 is 0 Å². The second-order valence-corrected chi connectivity index (χ2v) is 2.48. The highest BCUT2D eigenvalue weighted by Crippen LogP contribution is 2.19. The Labute approximate surface area is 64.2 Å². The maximum absolute atomic E-state index is 5.63. The van der Waals surface area contributed by atoms with Gasteiger partial charge in [-0.15, -0.1) is 0 Å². The lowest BCUT2D eigenvalue weighted by Crippen LogP contribution is -2.03. The number of aliphatic imine (C=N–C) groups is 1. The van der Waals surface area contributed by atoms with Crippen molar-refractivity contribution in [2.75, 3.05) is 5.73 Å². The van der Waals surface area contributed by atoms with Crippen molar-refractivity contribution in [1.29, 1.82) is 0 Å². The molecule has 0 bridgehead atoms. The zero-order valence-corrected chi connectivity index (χ0v) is 6.20. The Balaban J connectivity index is 2.67. The van der Waals surface area contributed by atoms with E-state index in [9.17, 15) is 0 Å². The van der Waals surface area contributed by atoms with E-state index in [2.05, 4.69) is 15.0 Å². The highest BCUT2D eigenvalue weighted by atomic mass is 15.0. The first-order valence-electron chi connectivity index (χ1n) is 3.40. The first kappa shape index (κ1) is 6.27. The van der Waals surface area contributed by atoms with E-state index in [0.29, 0.717) is 12.4 Å².